The van der Waals surface area contributed by atoms with E-state index in [1.165, 1.54) is 12.1 Å². The molecule has 1 heterocycles. The molecule has 22 heavy (non-hydrogen) atoms. The van der Waals surface area contributed by atoms with Gasteiger partial charge in [0.15, 0.2) is 0 Å². The molecule has 0 radical (unpaired) electrons. The summed E-state index contributed by atoms with van der Waals surface area (Å²) in [5.74, 6) is -0.252. The topological polar surface area (TPSA) is 51.2 Å². The summed E-state index contributed by atoms with van der Waals surface area (Å²) in [6.07, 6.45) is 0.564. The van der Waals surface area contributed by atoms with Crippen LogP contribution < -0.4 is 5.73 Å². The Morgan fingerprint density at radius 2 is 1.82 bits per heavy atom. The molecule has 3 aromatic rings. The van der Waals surface area contributed by atoms with Crippen molar-refractivity contribution in [3.05, 3.63) is 60.0 Å². The third kappa shape index (κ3) is 2.51. The van der Waals surface area contributed by atoms with Crippen LogP contribution in [0.4, 0.5) is 4.39 Å². The number of benzene rings is 2. The highest BCUT2D eigenvalue weighted by Crippen LogP contribution is 2.35. The van der Waals surface area contributed by atoms with E-state index < -0.39 is 0 Å². The van der Waals surface area contributed by atoms with E-state index >= 15 is 0 Å². The summed E-state index contributed by atoms with van der Waals surface area (Å²) in [5, 5.41) is 10.4. The van der Waals surface area contributed by atoms with E-state index in [1.54, 1.807) is 12.1 Å². The highest BCUT2D eigenvalue weighted by Gasteiger charge is 2.18. The van der Waals surface area contributed by atoms with Gasteiger partial charge in [-0.15, -0.1) is 0 Å². The smallest absolute Gasteiger partial charge is 0.123 e. The second-order valence-corrected chi connectivity index (χ2v) is 5.55. The standard InChI is InChI=1S/C18H19FN2O/c1-21-16-5-3-2-4-15(16)18(17(21)10-14(20)11-22)12-6-8-13(19)9-7-12/h2-9,14,22H,10-11,20H2,1H3. The average Bonchev–Trinajstić information content (AvgIpc) is 2.81. The largest absolute Gasteiger partial charge is 0.395 e. The Kier molecular flexibility index (Phi) is 3.96. The SMILES string of the molecule is Cn1c(CC(N)CO)c(-c2ccc(F)cc2)c2ccccc21. The van der Waals surface area contributed by atoms with Crippen molar-refractivity contribution in [1.82, 2.24) is 4.57 Å². The van der Waals surface area contributed by atoms with Crippen LogP contribution in [0.3, 0.4) is 0 Å². The molecule has 0 saturated carbocycles. The molecule has 3 rings (SSSR count). The number of halogens is 1. The zero-order valence-electron chi connectivity index (χ0n) is 12.5. The first kappa shape index (κ1) is 14.8. The van der Waals surface area contributed by atoms with E-state index in [9.17, 15) is 9.50 Å². The van der Waals surface area contributed by atoms with Gasteiger partial charge in [0.2, 0.25) is 0 Å². The van der Waals surface area contributed by atoms with Crippen molar-refractivity contribution in [2.45, 2.75) is 12.5 Å². The molecule has 0 aliphatic rings. The molecule has 0 saturated heterocycles. The Morgan fingerprint density at radius 3 is 2.50 bits per heavy atom. The van der Waals surface area contributed by atoms with Gasteiger partial charge in [-0.05, 0) is 23.8 Å². The van der Waals surface area contributed by atoms with Crippen LogP contribution in [0.2, 0.25) is 0 Å². The Bertz CT molecular complexity index is 793. The molecule has 114 valence electrons. The van der Waals surface area contributed by atoms with Crippen molar-refractivity contribution >= 4 is 10.9 Å². The van der Waals surface area contributed by atoms with Gasteiger partial charge in [-0.3, -0.25) is 0 Å². The van der Waals surface area contributed by atoms with Crippen LogP contribution in [0.5, 0.6) is 0 Å². The number of nitrogens with zero attached hydrogens (tertiary/aromatic N) is 1. The summed E-state index contributed by atoms with van der Waals surface area (Å²) in [7, 11) is 1.99. The van der Waals surface area contributed by atoms with Crippen LogP contribution in [-0.2, 0) is 13.5 Å². The highest BCUT2D eigenvalue weighted by molar-refractivity contribution is 5.98. The quantitative estimate of drug-likeness (QED) is 0.778. The van der Waals surface area contributed by atoms with Gasteiger partial charge in [-0.1, -0.05) is 30.3 Å². The van der Waals surface area contributed by atoms with Crippen molar-refractivity contribution in [3.63, 3.8) is 0 Å². The lowest BCUT2D eigenvalue weighted by molar-refractivity contribution is 0.264. The molecule has 2 aromatic carbocycles. The lowest BCUT2D eigenvalue weighted by Crippen LogP contribution is -2.28. The predicted molar refractivity (Wildman–Crippen MR) is 87.1 cm³/mol. The third-order valence-electron chi connectivity index (χ3n) is 4.05. The van der Waals surface area contributed by atoms with E-state index in [-0.39, 0.29) is 18.5 Å². The maximum Gasteiger partial charge on any atom is 0.123 e. The first-order valence-corrected chi connectivity index (χ1v) is 7.30. The molecule has 0 aliphatic carbocycles. The molecule has 0 amide bonds. The molecular formula is C18H19FN2O. The summed E-state index contributed by atoms with van der Waals surface area (Å²) in [6, 6.07) is 14.3. The van der Waals surface area contributed by atoms with E-state index in [1.807, 2.05) is 19.2 Å². The second kappa shape index (κ2) is 5.91. The molecule has 0 bridgehead atoms. The second-order valence-electron chi connectivity index (χ2n) is 5.55. The number of fused-ring (bicyclic) bond motifs is 1. The molecule has 0 aliphatic heterocycles. The molecule has 1 atom stereocenters. The number of aromatic nitrogens is 1. The van der Waals surface area contributed by atoms with Crippen molar-refractivity contribution in [2.24, 2.45) is 12.8 Å². The molecule has 1 unspecified atom stereocenters. The summed E-state index contributed by atoms with van der Waals surface area (Å²) in [4.78, 5) is 0. The van der Waals surface area contributed by atoms with E-state index in [0.717, 1.165) is 27.7 Å². The number of aryl methyl sites for hydroxylation is 1. The monoisotopic (exact) mass is 298 g/mol. The molecule has 4 heteroatoms. The normalized spacial score (nSPS) is 12.7. The fourth-order valence-corrected chi connectivity index (χ4v) is 2.94. The van der Waals surface area contributed by atoms with E-state index in [4.69, 9.17) is 5.73 Å². The summed E-state index contributed by atoms with van der Waals surface area (Å²) < 4.78 is 15.3. The number of aliphatic hydroxyl groups excluding tert-OH is 1. The minimum absolute atomic E-state index is 0.0651. The Balaban J connectivity index is 2.25. The van der Waals surface area contributed by atoms with Gasteiger partial charge in [0.1, 0.15) is 5.82 Å². The first-order valence-electron chi connectivity index (χ1n) is 7.30. The van der Waals surface area contributed by atoms with Crippen LogP contribution >= 0.6 is 0 Å². The third-order valence-corrected chi connectivity index (χ3v) is 4.05. The van der Waals surface area contributed by atoms with Crippen molar-refractivity contribution < 1.29 is 9.50 Å². The molecule has 1 aromatic heterocycles. The minimum atomic E-state index is -0.317. The molecular weight excluding hydrogens is 279 g/mol. The summed E-state index contributed by atoms with van der Waals surface area (Å²) in [5.41, 5.74) is 10.1. The number of hydrogen-bond acceptors (Lipinski definition) is 2. The Labute approximate surface area is 128 Å². The lowest BCUT2D eigenvalue weighted by Gasteiger charge is -2.12. The van der Waals surface area contributed by atoms with Crippen LogP contribution in [0.15, 0.2) is 48.5 Å². The maximum atomic E-state index is 13.2. The molecule has 0 fully saturated rings. The summed E-state index contributed by atoms with van der Waals surface area (Å²) >= 11 is 0. The van der Waals surface area contributed by atoms with Gasteiger partial charge in [0.05, 0.1) is 6.61 Å². The molecule has 3 nitrogen and oxygen atoms in total. The Morgan fingerprint density at radius 1 is 1.14 bits per heavy atom. The zero-order valence-corrected chi connectivity index (χ0v) is 12.5. The van der Waals surface area contributed by atoms with Crippen molar-refractivity contribution in [1.29, 1.82) is 0 Å². The lowest BCUT2D eigenvalue weighted by atomic mass is 9.99. The van der Waals surface area contributed by atoms with Gasteiger partial charge in [0.25, 0.3) is 0 Å². The zero-order chi connectivity index (χ0) is 15.7. The number of rotatable bonds is 4. The summed E-state index contributed by atoms with van der Waals surface area (Å²) in [6.45, 7) is -0.0651. The van der Waals surface area contributed by atoms with Crippen LogP contribution in [0.25, 0.3) is 22.0 Å². The average molecular weight is 298 g/mol. The minimum Gasteiger partial charge on any atom is -0.395 e. The number of nitrogens with two attached hydrogens (primary N) is 1. The highest BCUT2D eigenvalue weighted by atomic mass is 19.1. The number of aliphatic hydroxyl groups is 1. The fraction of sp³-hybridized carbons (Fsp3) is 0.222. The van der Waals surface area contributed by atoms with Gasteiger partial charge in [-0.2, -0.15) is 0 Å². The van der Waals surface area contributed by atoms with Gasteiger partial charge in [-0.25, -0.2) is 4.39 Å². The number of hydrogen-bond donors (Lipinski definition) is 2. The van der Waals surface area contributed by atoms with Crippen molar-refractivity contribution in [3.8, 4) is 11.1 Å². The van der Waals surface area contributed by atoms with Gasteiger partial charge < -0.3 is 15.4 Å². The predicted octanol–water partition coefficient (Wildman–Crippen LogP) is 2.85. The fourth-order valence-electron chi connectivity index (χ4n) is 2.94. The van der Waals surface area contributed by atoms with Crippen LogP contribution in [0, 0.1) is 5.82 Å². The van der Waals surface area contributed by atoms with E-state index in [0.29, 0.717) is 6.42 Å². The van der Waals surface area contributed by atoms with Gasteiger partial charge in [0, 0.05) is 41.7 Å². The first-order chi connectivity index (χ1) is 10.6. The molecule has 3 N–H and O–H groups in total. The van der Waals surface area contributed by atoms with Crippen molar-refractivity contribution in [2.75, 3.05) is 6.61 Å². The van der Waals surface area contributed by atoms with Crippen LogP contribution in [0.1, 0.15) is 5.69 Å². The van der Waals surface area contributed by atoms with Gasteiger partial charge >= 0.3 is 0 Å². The number of para-hydroxylation sites is 1. The molecule has 0 spiro atoms. The van der Waals surface area contributed by atoms with E-state index in [2.05, 4.69) is 16.7 Å². The van der Waals surface area contributed by atoms with Crippen LogP contribution in [-0.4, -0.2) is 22.3 Å². The maximum absolute atomic E-state index is 13.2. The Hall–Kier alpha value is -2.17.